The average Bonchev–Trinajstić information content (AvgIpc) is 2.48. The number of hydrogen-bond acceptors (Lipinski definition) is 1. The summed E-state index contributed by atoms with van der Waals surface area (Å²) in [5.41, 5.74) is 3.92. The van der Waals surface area contributed by atoms with Gasteiger partial charge in [0.25, 0.3) is 0 Å². The minimum Gasteiger partial charge on any atom is -0.295 e. The third kappa shape index (κ3) is 4.06. The topological polar surface area (TPSA) is 12.4 Å². The van der Waals surface area contributed by atoms with Gasteiger partial charge < -0.3 is 0 Å². The van der Waals surface area contributed by atoms with Gasteiger partial charge in [0, 0.05) is 6.04 Å². The molecule has 2 aromatic carbocycles. The van der Waals surface area contributed by atoms with Gasteiger partial charge in [-0.3, -0.25) is 4.99 Å². The summed E-state index contributed by atoms with van der Waals surface area (Å²) in [7, 11) is 0. The second kappa shape index (κ2) is 7.04. The average molecular weight is 265 g/mol. The van der Waals surface area contributed by atoms with Gasteiger partial charge in [0.1, 0.15) is 0 Å². The van der Waals surface area contributed by atoms with Crippen LogP contribution in [0.25, 0.3) is 11.1 Å². The molecule has 0 bridgehead atoms. The first kappa shape index (κ1) is 14.5. The Balaban J connectivity index is 2.05. The van der Waals surface area contributed by atoms with Gasteiger partial charge in [0.2, 0.25) is 0 Å². The molecule has 1 atom stereocenters. The smallest absolute Gasteiger partial charge is 0.0439 e. The number of nitrogens with zero attached hydrogens (tertiary/aromatic N) is 1. The minimum atomic E-state index is 0.391. The maximum Gasteiger partial charge on any atom is 0.0439 e. The zero-order chi connectivity index (χ0) is 14.4. The lowest BCUT2D eigenvalue weighted by atomic mass is 9.95. The molecule has 0 aliphatic carbocycles. The fraction of sp³-hybridized carbons (Fsp3) is 0.316. The lowest BCUT2D eigenvalue weighted by Crippen LogP contribution is -1.96. The summed E-state index contributed by atoms with van der Waals surface area (Å²) in [5.74, 6) is 0.516. The van der Waals surface area contributed by atoms with E-state index in [1.807, 2.05) is 6.07 Å². The summed E-state index contributed by atoms with van der Waals surface area (Å²) < 4.78 is 0. The molecule has 20 heavy (non-hydrogen) atoms. The molecule has 1 unspecified atom stereocenters. The maximum atomic E-state index is 4.43. The van der Waals surface area contributed by atoms with Gasteiger partial charge >= 0.3 is 0 Å². The van der Waals surface area contributed by atoms with Crippen molar-refractivity contribution in [2.24, 2.45) is 4.99 Å². The zero-order valence-corrected chi connectivity index (χ0v) is 12.6. The Morgan fingerprint density at radius 3 is 2.05 bits per heavy atom. The molecule has 0 aromatic heterocycles. The second-order valence-electron chi connectivity index (χ2n) is 5.55. The molecule has 0 aliphatic rings. The lowest BCUT2D eigenvalue weighted by molar-refractivity contribution is 0.790. The Morgan fingerprint density at radius 2 is 1.45 bits per heavy atom. The van der Waals surface area contributed by atoms with E-state index in [9.17, 15) is 0 Å². The van der Waals surface area contributed by atoms with E-state index in [1.165, 1.54) is 16.7 Å². The monoisotopic (exact) mass is 265 g/mol. The van der Waals surface area contributed by atoms with Crippen molar-refractivity contribution < 1.29 is 0 Å². The summed E-state index contributed by atoms with van der Waals surface area (Å²) in [6, 6.07) is 19.8. The normalized spacial score (nSPS) is 13.0. The number of hydrogen-bond donors (Lipinski definition) is 0. The van der Waals surface area contributed by atoms with Crippen LogP contribution in [0.5, 0.6) is 0 Å². The molecule has 0 radical (unpaired) electrons. The highest BCUT2D eigenvalue weighted by Crippen LogP contribution is 2.23. The predicted octanol–water partition coefficient (Wildman–Crippen LogP) is 5.33. The zero-order valence-electron chi connectivity index (χ0n) is 12.6. The van der Waals surface area contributed by atoms with Crippen molar-refractivity contribution in [3.8, 4) is 11.1 Å². The van der Waals surface area contributed by atoms with E-state index in [0.717, 1.165) is 6.42 Å². The molecule has 1 heteroatoms. The van der Waals surface area contributed by atoms with Crippen LogP contribution < -0.4 is 0 Å². The highest BCUT2D eigenvalue weighted by atomic mass is 14.7. The van der Waals surface area contributed by atoms with Crippen molar-refractivity contribution in [3.63, 3.8) is 0 Å². The van der Waals surface area contributed by atoms with Crippen LogP contribution in [-0.4, -0.2) is 12.3 Å². The number of rotatable bonds is 5. The van der Waals surface area contributed by atoms with Crippen molar-refractivity contribution in [3.05, 3.63) is 60.2 Å². The highest BCUT2D eigenvalue weighted by Gasteiger charge is 2.04. The first-order valence-electron chi connectivity index (χ1n) is 7.34. The van der Waals surface area contributed by atoms with E-state index in [0.29, 0.717) is 12.0 Å². The molecule has 2 rings (SSSR count). The Kier molecular flexibility index (Phi) is 5.11. The third-order valence-electron chi connectivity index (χ3n) is 3.45. The van der Waals surface area contributed by atoms with Gasteiger partial charge in [0.15, 0.2) is 0 Å². The maximum absolute atomic E-state index is 4.43. The first-order chi connectivity index (χ1) is 9.66. The quantitative estimate of drug-likeness (QED) is 0.648. The van der Waals surface area contributed by atoms with Gasteiger partial charge in [-0.25, -0.2) is 0 Å². The largest absolute Gasteiger partial charge is 0.295 e. The summed E-state index contributed by atoms with van der Waals surface area (Å²) in [6.07, 6.45) is 3.06. The Hall–Kier alpha value is -1.89. The van der Waals surface area contributed by atoms with E-state index < -0.39 is 0 Å². The lowest BCUT2D eigenvalue weighted by Gasteiger charge is -2.10. The molecule has 0 saturated carbocycles. The van der Waals surface area contributed by atoms with E-state index in [2.05, 4.69) is 80.5 Å². The first-order valence-corrected chi connectivity index (χ1v) is 7.34. The molecule has 104 valence electrons. The van der Waals surface area contributed by atoms with Crippen LogP contribution in [0.1, 0.15) is 38.7 Å². The molecule has 2 aromatic rings. The third-order valence-corrected chi connectivity index (χ3v) is 3.45. The van der Waals surface area contributed by atoms with Crippen LogP contribution in [0.15, 0.2) is 59.6 Å². The summed E-state index contributed by atoms with van der Waals surface area (Å²) in [4.78, 5) is 4.43. The van der Waals surface area contributed by atoms with E-state index in [1.54, 1.807) is 0 Å². The fourth-order valence-electron chi connectivity index (χ4n) is 2.20. The number of aliphatic imine (C=N–C) groups is 1. The second-order valence-corrected chi connectivity index (χ2v) is 5.55. The van der Waals surface area contributed by atoms with Gasteiger partial charge in [-0.05, 0) is 49.1 Å². The minimum absolute atomic E-state index is 0.391. The van der Waals surface area contributed by atoms with Crippen LogP contribution in [0.3, 0.4) is 0 Å². The highest BCUT2D eigenvalue weighted by molar-refractivity contribution is 5.64. The molecular weight excluding hydrogens is 242 g/mol. The van der Waals surface area contributed by atoms with Crippen molar-refractivity contribution in [1.29, 1.82) is 0 Å². The van der Waals surface area contributed by atoms with Crippen molar-refractivity contribution >= 4 is 6.21 Å². The van der Waals surface area contributed by atoms with E-state index in [-0.39, 0.29) is 0 Å². The molecule has 1 nitrogen and oxygen atoms in total. The van der Waals surface area contributed by atoms with Gasteiger partial charge in [-0.2, -0.15) is 0 Å². The van der Waals surface area contributed by atoms with Gasteiger partial charge in [0.05, 0.1) is 0 Å². The van der Waals surface area contributed by atoms with Crippen LogP contribution in [-0.2, 0) is 0 Å². The Bertz CT molecular complexity index is 538. The standard InChI is InChI=1S/C19H23N/c1-15(2)20-14-13-16(3)17-9-11-19(12-10-17)18-7-5-4-6-8-18/h4-12,14-16H,13H2,1-3H3. The van der Waals surface area contributed by atoms with E-state index >= 15 is 0 Å². The van der Waals surface area contributed by atoms with Crippen molar-refractivity contribution in [1.82, 2.24) is 0 Å². The summed E-state index contributed by atoms with van der Waals surface area (Å²) >= 11 is 0. The molecule has 0 amide bonds. The van der Waals surface area contributed by atoms with Crippen molar-refractivity contribution in [2.45, 2.75) is 39.2 Å². The molecule has 0 saturated heterocycles. The van der Waals surface area contributed by atoms with Crippen molar-refractivity contribution in [2.75, 3.05) is 0 Å². The molecule has 0 heterocycles. The molecule has 0 spiro atoms. The van der Waals surface area contributed by atoms with Crippen LogP contribution >= 0.6 is 0 Å². The fourth-order valence-corrected chi connectivity index (χ4v) is 2.20. The van der Waals surface area contributed by atoms with Gasteiger partial charge in [-0.1, -0.05) is 61.5 Å². The number of benzene rings is 2. The Labute approximate surface area is 122 Å². The summed E-state index contributed by atoms with van der Waals surface area (Å²) in [5, 5.41) is 0. The van der Waals surface area contributed by atoms with Crippen LogP contribution in [0, 0.1) is 0 Å². The van der Waals surface area contributed by atoms with Crippen LogP contribution in [0.4, 0.5) is 0 Å². The van der Waals surface area contributed by atoms with Gasteiger partial charge in [-0.15, -0.1) is 0 Å². The SMILES string of the molecule is CC(C)N=CCC(C)c1ccc(-c2ccccc2)cc1. The van der Waals surface area contributed by atoms with E-state index in [4.69, 9.17) is 0 Å². The van der Waals surface area contributed by atoms with Crippen LogP contribution in [0.2, 0.25) is 0 Å². The predicted molar refractivity (Wildman–Crippen MR) is 88.5 cm³/mol. The summed E-state index contributed by atoms with van der Waals surface area (Å²) in [6.45, 7) is 6.47. The molecule has 0 N–H and O–H groups in total. The Morgan fingerprint density at radius 1 is 0.850 bits per heavy atom. The molecule has 0 aliphatic heterocycles. The molecule has 0 fully saturated rings. The molecular formula is C19H23N.